The van der Waals surface area contributed by atoms with Crippen molar-refractivity contribution in [2.24, 2.45) is 5.73 Å². The molecule has 106 valence electrons. The smallest absolute Gasteiger partial charge is 0.0371 e. The third kappa shape index (κ3) is 3.73. The molecule has 1 aromatic rings. The Hall–Kier alpha value is -1.02. The summed E-state index contributed by atoms with van der Waals surface area (Å²) in [6, 6.07) is 7.81. The Morgan fingerprint density at radius 1 is 1.32 bits per heavy atom. The molecule has 2 unspecified atom stereocenters. The minimum atomic E-state index is 0.238. The second-order valence-electron chi connectivity index (χ2n) is 6.18. The lowest BCUT2D eigenvalue weighted by Crippen LogP contribution is -2.32. The summed E-state index contributed by atoms with van der Waals surface area (Å²) in [5.41, 5.74) is 10.1. The number of benzene rings is 1. The molecule has 1 aliphatic rings. The van der Waals surface area contributed by atoms with E-state index in [0.717, 1.165) is 6.42 Å². The normalized spacial score (nSPS) is 22.1. The molecule has 1 aliphatic heterocycles. The van der Waals surface area contributed by atoms with Gasteiger partial charge in [0.15, 0.2) is 0 Å². The van der Waals surface area contributed by atoms with E-state index in [1.807, 2.05) is 0 Å². The van der Waals surface area contributed by atoms with E-state index in [-0.39, 0.29) is 6.04 Å². The van der Waals surface area contributed by atoms with Gasteiger partial charge in [0, 0.05) is 24.3 Å². The number of nitrogens with two attached hydrogens (primary N) is 1. The first-order valence-electron chi connectivity index (χ1n) is 7.69. The van der Waals surface area contributed by atoms with E-state index in [1.165, 1.54) is 49.0 Å². The molecule has 1 saturated heterocycles. The number of rotatable bonds is 3. The lowest BCUT2D eigenvalue weighted by Gasteiger charge is -2.30. The van der Waals surface area contributed by atoms with Crippen molar-refractivity contribution in [3.63, 3.8) is 0 Å². The summed E-state index contributed by atoms with van der Waals surface area (Å²) < 4.78 is 0. The number of hydrogen-bond donors (Lipinski definition) is 1. The van der Waals surface area contributed by atoms with Crippen LogP contribution in [0.2, 0.25) is 0 Å². The molecule has 0 saturated carbocycles. The predicted molar refractivity (Wildman–Crippen MR) is 83.8 cm³/mol. The van der Waals surface area contributed by atoms with Gasteiger partial charge in [-0.1, -0.05) is 18.9 Å². The maximum absolute atomic E-state index is 5.91. The monoisotopic (exact) mass is 260 g/mol. The Balaban J connectivity index is 2.18. The van der Waals surface area contributed by atoms with Crippen molar-refractivity contribution in [2.75, 3.05) is 11.4 Å². The van der Waals surface area contributed by atoms with E-state index in [1.54, 1.807) is 0 Å². The minimum absolute atomic E-state index is 0.238. The zero-order valence-corrected chi connectivity index (χ0v) is 12.7. The van der Waals surface area contributed by atoms with Gasteiger partial charge in [-0.15, -0.1) is 0 Å². The number of nitrogens with zero attached hydrogens (tertiary/aromatic N) is 1. The predicted octanol–water partition coefficient (Wildman–Crippen LogP) is 3.65. The largest absolute Gasteiger partial charge is 0.369 e. The summed E-state index contributed by atoms with van der Waals surface area (Å²) in [6.45, 7) is 7.84. The summed E-state index contributed by atoms with van der Waals surface area (Å²) >= 11 is 0. The van der Waals surface area contributed by atoms with Gasteiger partial charge in [0.05, 0.1) is 0 Å². The summed E-state index contributed by atoms with van der Waals surface area (Å²) in [5, 5.41) is 0. The van der Waals surface area contributed by atoms with Gasteiger partial charge < -0.3 is 10.6 Å². The van der Waals surface area contributed by atoms with Gasteiger partial charge in [-0.25, -0.2) is 0 Å². The van der Waals surface area contributed by atoms with Gasteiger partial charge in [-0.2, -0.15) is 0 Å². The van der Waals surface area contributed by atoms with Crippen molar-refractivity contribution in [3.05, 3.63) is 29.3 Å². The third-order valence-corrected chi connectivity index (χ3v) is 4.25. The average Bonchev–Trinajstić information content (AvgIpc) is 2.56. The van der Waals surface area contributed by atoms with Crippen LogP contribution in [0.15, 0.2) is 18.2 Å². The number of aryl methyl sites for hydroxylation is 1. The van der Waals surface area contributed by atoms with E-state index in [4.69, 9.17) is 5.73 Å². The second kappa shape index (κ2) is 6.42. The Morgan fingerprint density at radius 2 is 2.11 bits per heavy atom. The molecule has 0 bridgehead atoms. The Morgan fingerprint density at radius 3 is 2.79 bits per heavy atom. The molecule has 0 radical (unpaired) electrons. The fraction of sp³-hybridized carbons (Fsp3) is 0.647. The molecule has 2 N–H and O–H groups in total. The molecule has 19 heavy (non-hydrogen) atoms. The lowest BCUT2D eigenvalue weighted by atomic mass is 10.0. The van der Waals surface area contributed by atoms with E-state index < -0.39 is 0 Å². The van der Waals surface area contributed by atoms with E-state index in [0.29, 0.717) is 6.04 Å². The summed E-state index contributed by atoms with van der Waals surface area (Å²) in [6.07, 6.45) is 6.37. The Bertz CT molecular complexity index is 412. The van der Waals surface area contributed by atoms with Gasteiger partial charge in [-0.3, -0.25) is 0 Å². The first kappa shape index (κ1) is 14.4. The van der Waals surface area contributed by atoms with Crippen LogP contribution >= 0.6 is 0 Å². The molecular weight excluding hydrogens is 232 g/mol. The van der Waals surface area contributed by atoms with E-state index in [9.17, 15) is 0 Å². The zero-order chi connectivity index (χ0) is 13.8. The van der Waals surface area contributed by atoms with Crippen molar-refractivity contribution >= 4 is 5.69 Å². The quantitative estimate of drug-likeness (QED) is 0.899. The molecule has 2 heteroatoms. The van der Waals surface area contributed by atoms with Crippen molar-refractivity contribution < 1.29 is 0 Å². The molecule has 2 nitrogen and oxygen atoms in total. The molecular formula is C17H28N2. The minimum Gasteiger partial charge on any atom is -0.369 e. The van der Waals surface area contributed by atoms with Crippen LogP contribution in [0.4, 0.5) is 5.69 Å². The highest BCUT2D eigenvalue weighted by molar-refractivity contribution is 5.51. The van der Waals surface area contributed by atoms with Crippen LogP contribution in [0.25, 0.3) is 0 Å². The molecule has 0 spiro atoms. The average molecular weight is 260 g/mol. The molecule has 1 heterocycles. The molecule has 0 aliphatic carbocycles. The van der Waals surface area contributed by atoms with Crippen LogP contribution in [0.5, 0.6) is 0 Å². The third-order valence-electron chi connectivity index (χ3n) is 4.25. The van der Waals surface area contributed by atoms with E-state index in [2.05, 4.69) is 43.9 Å². The lowest BCUT2D eigenvalue weighted by molar-refractivity contribution is 0.616. The van der Waals surface area contributed by atoms with Gasteiger partial charge in [0.1, 0.15) is 0 Å². The highest BCUT2D eigenvalue weighted by Gasteiger charge is 2.17. The maximum Gasteiger partial charge on any atom is 0.0371 e. The Labute approximate surface area is 118 Å². The summed E-state index contributed by atoms with van der Waals surface area (Å²) in [4.78, 5) is 2.58. The zero-order valence-electron chi connectivity index (χ0n) is 12.7. The van der Waals surface area contributed by atoms with Crippen LogP contribution in [-0.2, 0) is 6.42 Å². The van der Waals surface area contributed by atoms with Crippen LogP contribution in [-0.4, -0.2) is 18.6 Å². The van der Waals surface area contributed by atoms with Crippen LogP contribution in [0.3, 0.4) is 0 Å². The molecule has 0 aromatic heterocycles. The highest BCUT2D eigenvalue weighted by Crippen LogP contribution is 2.26. The fourth-order valence-corrected chi connectivity index (χ4v) is 3.09. The van der Waals surface area contributed by atoms with Crippen molar-refractivity contribution in [1.82, 2.24) is 0 Å². The highest BCUT2D eigenvalue weighted by atomic mass is 15.2. The van der Waals surface area contributed by atoms with Crippen molar-refractivity contribution in [1.29, 1.82) is 0 Å². The molecule has 2 atom stereocenters. The fourth-order valence-electron chi connectivity index (χ4n) is 3.09. The second-order valence-corrected chi connectivity index (χ2v) is 6.18. The van der Waals surface area contributed by atoms with Crippen molar-refractivity contribution in [2.45, 2.75) is 65.0 Å². The molecule has 0 amide bonds. The van der Waals surface area contributed by atoms with Gasteiger partial charge in [0.25, 0.3) is 0 Å². The van der Waals surface area contributed by atoms with Crippen LogP contribution < -0.4 is 10.6 Å². The maximum atomic E-state index is 5.91. The van der Waals surface area contributed by atoms with Crippen molar-refractivity contribution in [3.8, 4) is 0 Å². The van der Waals surface area contributed by atoms with Gasteiger partial charge >= 0.3 is 0 Å². The standard InChI is InChI=1S/C17H28N2/c1-13-11-17(9-8-16(13)12-14(2)18)19-10-6-4-5-7-15(19)3/h8-9,11,14-15H,4-7,10,12,18H2,1-3H3. The molecule has 2 rings (SSSR count). The Kier molecular flexibility index (Phi) is 4.87. The van der Waals surface area contributed by atoms with Gasteiger partial charge in [0.2, 0.25) is 0 Å². The summed E-state index contributed by atoms with van der Waals surface area (Å²) in [5.74, 6) is 0. The van der Waals surface area contributed by atoms with Gasteiger partial charge in [-0.05, 0) is 63.3 Å². The van der Waals surface area contributed by atoms with Crippen LogP contribution in [0, 0.1) is 6.92 Å². The first-order chi connectivity index (χ1) is 9.08. The van der Waals surface area contributed by atoms with Crippen LogP contribution in [0.1, 0.15) is 50.7 Å². The summed E-state index contributed by atoms with van der Waals surface area (Å²) in [7, 11) is 0. The topological polar surface area (TPSA) is 29.3 Å². The number of anilines is 1. The van der Waals surface area contributed by atoms with E-state index >= 15 is 0 Å². The molecule has 1 aromatic carbocycles. The molecule has 1 fully saturated rings. The number of hydrogen-bond acceptors (Lipinski definition) is 2. The SMILES string of the molecule is Cc1cc(N2CCCCCC2C)ccc1CC(C)N. The first-order valence-corrected chi connectivity index (χ1v) is 7.69.